The summed E-state index contributed by atoms with van der Waals surface area (Å²) in [6.45, 7) is -1.05. The highest BCUT2D eigenvalue weighted by Gasteiger charge is 2.29. The number of carbonyl (C=O) groups is 2. The van der Waals surface area contributed by atoms with Crippen LogP contribution >= 0.6 is 0 Å². The Morgan fingerprint density at radius 3 is 2.71 bits per heavy atom. The zero-order valence-electron chi connectivity index (χ0n) is 13.1. The van der Waals surface area contributed by atoms with Crippen molar-refractivity contribution in [3.8, 4) is 5.75 Å². The minimum atomic E-state index is -4.46. The lowest BCUT2D eigenvalue weighted by Gasteiger charge is -2.20. The van der Waals surface area contributed by atoms with Crippen LogP contribution in [-0.2, 0) is 9.59 Å². The molecule has 1 saturated heterocycles. The van der Waals surface area contributed by atoms with E-state index in [1.54, 1.807) is 6.07 Å². The molecule has 0 bridgehead atoms. The van der Waals surface area contributed by atoms with Gasteiger partial charge in [0, 0.05) is 13.0 Å². The molecule has 24 heavy (non-hydrogen) atoms. The number of anilines is 1. The number of benzene rings is 1. The molecule has 8 heteroatoms. The standard InChI is InChI=1S/C16H19F3N2O3/c17-16(18,19)11-24-13-7-4-3-6-12(13)20-14(22)10-21-9-5-1-2-8-15(21)23/h3-4,6-7H,1-2,5,8-11H2,(H,20,22). The van der Waals surface area contributed by atoms with Gasteiger partial charge in [0.05, 0.1) is 12.2 Å². The van der Waals surface area contributed by atoms with Gasteiger partial charge in [-0.05, 0) is 25.0 Å². The molecule has 0 saturated carbocycles. The van der Waals surface area contributed by atoms with E-state index in [2.05, 4.69) is 5.32 Å². The molecule has 1 aromatic carbocycles. The molecular formula is C16H19F3N2O3. The molecule has 1 aliphatic heterocycles. The first-order valence-corrected chi connectivity index (χ1v) is 7.71. The minimum Gasteiger partial charge on any atom is -0.482 e. The van der Waals surface area contributed by atoms with Gasteiger partial charge >= 0.3 is 6.18 Å². The van der Waals surface area contributed by atoms with E-state index in [-0.39, 0.29) is 23.9 Å². The quantitative estimate of drug-likeness (QED) is 0.893. The molecule has 1 N–H and O–H groups in total. The fourth-order valence-corrected chi connectivity index (χ4v) is 2.42. The number of likely N-dealkylation sites (tertiary alicyclic amines) is 1. The summed E-state index contributed by atoms with van der Waals surface area (Å²) in [5, 5.41) is 2.51. The zero-order valence-corrected chi connectivity index (χ0v) is 13.1. The van der Waals surface area contributed by atoms with Crippen LogP contribution in [0.1, 0.15) is 25.7 Å². The second kappa shape index (κ2) is 8.03. The maximum atomic E-state index is 12.3. The van der Waals surface area contributed by atoms with Gasteiger partial charge in [0.25, 0.3) is 0 Å². The lowest BCUT2D eigenvalue weighted by atomic mass is 10.2. The number of rotatable bonds is 5. The average Bonchev–Trinajstić information content (AvgIpc) is 2.70. The molecule has 1 aromatic rings. The van der Waals surface area contributed by atoms with E-state index in [0.717, 1.165) is 19.3 Å². The fraction of sp³-hybridized carbons (Fsp3) is 0.500. The van der Waals surface area contributed by atoms with E-state index in [1.807, 2.05) is 0 Å². The predicted octanol–water partition coefficient (Wildman–Crippen LogP) is 2.97. The maximum Gasteiger partial charge on any atom is 0.422 e. The summed E-state index contributed by atoms with van der Waals surface area (Å²) >= 11 is 0. The Kier molecular flexibility index (Phi) is 6.05. The second-order valence-electron chi connectivity index (χ2n) is 5.57. The van der Waals surface area contributed by atoms with Crippen LogP contribution in [0.2, 0.25) is 0 Å². The predicted molar refractivity (Wildman–Crippen MR) is 81.7 cm³/mol. The Labute approximate surface area is 137 Å². The van der Waals surface area contributed by atoms with Gasteiger partial charge in [-0.25, -0.2) is 0 Å². The Morgan fingerprint density at radius 1 is 1.21 bits per heavy atom. The molecule has 0 aliphatic carbocycles. The molecule has 1 fully saturated rings. The second-order valence-corrected chi connectivity index (χ2v) is 5.57. The molecule has 2 rings (SSSR count). The number of amides is 2. The first-order chi connectivity index (χ1) is 11.3. The average molecular weight is 344 g/mol. The van der Waals surface area contributed by atoms with Crippen molar-refractivity contribution in [1.82, 2.24) is 4.90 Å². The van der Waals surface area contributed by atoms with E-state index in [0.29, 0.717) is 13.0 Å². The van der Waals surface area contributed by atoms with Crippen LogP contribution in [0.5, 0.6) is 5.75 Å². The van der Waals surface area contributed by atoms with Gasteiger partial charge in [0.1, 0.15) is 5.75 Å². The van der Waals surface area contributed by atoms with Crippen LogP contribution in [0.3, 0.4) is 0 Å². The molecule has 1 heterocycles. The summed E-state index contributed by atoms with van der Waals surface area (Å²) in [5.74, 6) is -0.608. The monoisotopic (exact) mass is 344 g/mol. The number of nitrogens with one attached hydrogen (secondary N) is 1. The molecule has 0 spiro atoms. The smallest absolute Gasteiger partial charge is 0.422 e. The topological polar surface area (TPSA) is 58.6 Å². The van der Waals surface area contributed by atoms with E-state index in [9.17, 15) is 22.8 Å². The number of carbonyl (C=O) groups excluding carboxylic acids is 2. The van der Waals surface area contributed by atoms with Crippen LogP contribution in [0.4, 0.5) is 18.9 Å². The van der Waals surface area contributed by atoms with Crippen molar-refractivity contribution in [1.29, 1.82) is 0 Å². The van der Waals surface area contributed by atoms with E-state index < -0.39 is 18.7 Å². The Balaban J connectivity index is 1.97. The summed E-state index contributed by atoms with van der Waals surface area (Å²) in [6.07, 6.45) is -1.46. The first-order valence-electron chi connectivity index (χ1n) is 7.71. The van der Waals surface area contributed by atoms with Gasteiger partial charge in [0.15, 0.2) is 6.61 Å². The summed E-state index contributed by atoms with van der Waals surface area (Å²) in [7, 11) is 0. The lowest BCUT2D eigenvalue weighted by molar-refractivity contribution is -0.153. The summed E-state index contributed by atoms with van der Waals surface area (Å²) in [6, 6.07) is 5.89. The summed E-state index contributed by atoms with van der Waals surface area (Å²) in [5.41, 5.74) is 0.147. The van der Waals surface area contributed by atoms with Crippen LogP contribution in [-0.4, -0.2) is 42.6 Å². The molecule has 0 atom stereocenters. The van der Waals surface area contributed by atoms with Crippen LogP contribution in [0.15, 0.2) is 24.3 Å². The van der Waals surface area contributed by atoms with Gasteiger partial charge in [-0.1, -0.05) is 18.6 Å². The van der Waals surface area contributed by atoms with Crippen LogP contribution < -0.4 is 10.1 Å². The van der Waals surface area contributed by atoms with Crippen molar-refractivity contribution in [3.63, 3.8) is 0 Å². The van der Waals surface area contributed by atoms with E-state index >= 15 is 0 Å². The highest BCUT2D eigenvalue weighted by molar-refractivity contribution is 5.95. The van der Waals surface area contributed by atoms with Gasteiger partial charge in [0.2, 0.25) is 11.8 Å². The lowest BCUT2D eigenvalue weighted by Crippen LogP contribution is -2.37. The zero-order chi connectivity index (χ0) is 17.6. The molecule has 132 valence electrons. The van der Waals surface area contributed by atoms with Crippen molar-refractivity contribution in [3.05, 3.63) is 24.3 Å². The van der Waals surface area contributed by atoms with Gasteiger partial charge in [-0.3, -0.25) is 9.59 Å². The van der Waals surface area contributed by atoms with Crippen molar-refractivity contribution in [2.75, 3.05) is 25.0 Å². The molecule has 1 aliphatic rings. The van der Waals surface area contributed by atoms with E-state index in [4.69, 9.17) is 4.74 Å². The molecule has 0 unspecified atom stereocenters. The molecule has 0 radical (unpaired) electrons. The molecular weight excluding hydrogens is 325 g/mol. The molecule has 0 aromatic heterocycles. The Morgan fingerprint density at radius 2 is 1.96 bits per heavy atom. The third kappa shape index (κ3) is 5.75. The number of ether oxygens (including phenoxy) is 1. The third-order valence-electron chi connectivity index (χ3n) is 3.56. The number of alkyl halides is 3. The maximum absolute atomic E-state index is 12.3. The Bertz CT molecular complexity index is 590. The SMILES string of the molecule is O=C(CN1CCCCCC1=O)Nc1ccccc1OCC(F)(F)F. The minimum absolute atomic E-state index is 0.0645. The largest absolute Gasteiger partial charge is 0.482 e. The van der Waals surface area contributed by atoms with Gasteiger partial charge in [-0.15, -0.1) is 0 Å². The van der Waals surface area contributed by atoms with Crippen molar-refractivity contribution < 1.29 is 27.5 Å². The summed E-state index contributed by atoms with van der Waals surface area (Å²) in [4.78, 5) is 25.5. The molecule has 2 amide bonds. The van der Waals surface area contributed by atoms with Crippen LogP contribution in [0.25, 0.3) is 0 Å². The Hall–Kier alpha value is -2.25. The van der Waals surface area contributed by atoms with Gasteiger partial charge < -0.3 is 15.0 Å². The van der Waals surface area contributed by atoms with Crippen molar-refractivity contribution in [2.24, 2.45) is 0 Å². The normalized spacial score (nSPS) is 15.8. The summed E-state index contributed by atoms with van der Waals surface area (Å²) < 4.78 is 41.5. The van der Waals surface area contributed by atoms with Crippen molar-refractivity contribution >= 4 is 17.5 Å². The number of halogens is 3. The molecule has 5 nitrogen and oxygen atoms in total. The van der Waals surface area contributed by atoms with Crippen LogP contribution in [0, 0.1) is 0 Å². The first kappa shape index (κ1) is 18.1. The van der Waals surface area contributed by atoms with Gasteiger partial charge in [-0.2, -0.15) is 13.2 Å². The highest BCUT2D eigenvalue weighted by Crippen LogP contribution is 2.26. The van der Waals surface area contributed by atoms with Crippen molar-refractivity contribution in [2.45, 2.75) is 31.9 Å². The van der Waals surface area contributed by atoms with E-state index in [1.165, 1.54) is 23.1 Å². The number of hydrogen-bond acceptors (Lipinski definition) is 3. The number of para-hydroxylation sites is 2. The third-order valence-corrected chi connectivity index (χ3v) is 3.56. The highest BCUT2D eigenvalue weighted by atomic mass is 19.4. The fourth-order valence-electron chi connectivity index (χ4n) is 2.42. The number of nitrogens with zero attached hydrogens (tertiary/aromatic N) is 1. The number of hydrogen-bond donors (Lipinski definition) is 1.